The molecule has 88 valence electrons. The summed E-state index contributed by atoms with van der Waals surface area (Å²) < 4.78 is 4.98. The van der Waals surface area contributed by atoms with Crippen LogP contribution in [0, 0.1) is 0 Å². The van der Waals surface area contributed by atoms with Gasteiger partial charge in [0, 0.05) is 13.3 Å². The fourth-order valence-electron chi connectivity index (χ4n) is 0.943. The highest BCUT2D eigenvalue weighted by atomic mass is 35.5. The van der Waals surface area contributed by atoms with E-state index in [1.807, 2.05) is 18.2 Å². The van der Waals surface area contributed by atoms with Gasteiger partial charge in [-0.05, 0) is 29.3 Å². The molecule has 0 fully saturated rings. The van der Waals surface area contributed by atoms with Crippen LogP contribution in [0.2, 0.25) is 0 Å². The van der Waals surface area contributed by atoms with E-state index in [1.54, 1.807) is 13.2 Å². The van der Waals surface area contributed by atoms with Gasteiger partial charge in [0.1, 0.15) is 5.75 Å². The highest BCUT2D eigenvalue weighted by Crippen LogP contribution is 2.13. The fraction of sp³-hybridized carbons (Fsp3) is 0.273. The van der Waals surface area contributed by atoms with Crippen LogP contribution in [-0.2, 0) is 16.0 Å². The van der Waals surface area contributed by atoms with Gasteiger partial charge < -0.3 is 10.5 Å². The molecular weight excluding hydrogens is 230 g/mol. The lowest BCUT2D eigenvalue weighted by molar-refractivity contribution is -0.116. The van der Waals surface area contributed by atoms with Crippen LogP contribution in [0.4, 0.5) is 0 Å². The lowest BCUT2D eigenvalue weighted by atomic mass is 10.1. The van der Waals surface area contributed by atoms with E-state index >= 15 is 0 Å². The number of rotatable bonds is 3. The van der Waals surface area contributed by atoms with Crippen LogP contribution >= 0.6 is 11.6 Å². The first-order valence-electron chi connectivity index (χ1n) is 4.53. The molecule has 0 aromatic heterocycles. The number of methoxy groups -OCH3 is 1. The number of carbonyl (C=O) groups excluding carboxylic acids is 2. The van der Waals surface area contributed by atoms with E-state index in [-0.39, 0.29) is 17.6 Å². The van der Waals surface area contributed by atoms with Gasteiger partial charge in [0.05, 0.1) is 7.11 Å². The van der Waals surface area contributed by atoms with Gasteiger partial charge in [-0.25, -0.2) is 0 Å². The van der Waals surface area contributed by atoms with Gasteiger partial charge in [0.2, 0.25) is 11.1 Å². The Labute approximate surface area is 99.3 Å². The molecule has 1 amide bonds. The predicted molar refractivity (Wildman–Crippen MR) is 62.4 cm³/mol. The van der Waals surface area contributed by atoms with E-state index < -0.39 is 0 Å². The number of ether oxygens (including phenoxy) is 1. The summed E-state index contributed by atoms with van der Waals surface area (Å²) in [6.07, 6.45) is 0.249. The largest absolute Gasteiger partial charge is 0.497 e. The van der Waals surface area contributed by atoms with Crippen molar-refractivity contribution >= 4 is 22.8 Å². The maximum Gasteiger partial charge on any atom is 0.226 e. The highest BCUT2D eigenvalue weighted by Gasteiger charge is 1.99. The number of primary amides is 1. The van der Waals surface area contributed by atoms with Gasteiger partial charge in [-0.1, -0.05) is 12.1 Å². The Morgan fingerprint density at radius 3 is 2.44 bits per heavy atom. The molecular formula is C11H14ClNO3. The highest BCUT2D eigenvalue weighted by molar-refractivity contribution is 6.63. The van der Waals surface area contributed by atoms with Crippen LogP contribution in [0.5, 0.6) is 5.75 Å². The van der Waals surface area contributed by atoms with Crippen molar-refractivity contribution < 1.29 is 14.3 Å². The molecule has 0 aliphatic rings. The van der Waals surface area contributed by atoms with E-state index in [4.69, 9.17) is 16.3 Å². The average molecular weight is 244 g/mol. The molecule has 0 atom stereocenters. The number of hydrogen-bond donors (Lipinski definition) is 1. The molecule has 0 aliphatic carbocycles. The number of halogens is 1. The van der Waals surface area contributed by atoms with Crippen molar-refractivity contribution in [2.75, 3.05) is 7.11 Å². The third kappa shape index (κ3) is 7.82. The lowest BCUT2D eigenvalue weighted by Gasteiger charge is -2.00. The number of amides is 1. The van der Waals surface area contributed by atoms with Crippen LogP contribution in [0.1, 0.15) is 12.5 Å². The number of hydrogen-bond acceptors (Lipinski definition) is 3. The summed E-state index contributed by atoms with van der Waals surface area (Å²) >= 11 is 5.23. The topological polar surface area (TPSA) is 69.4 Å². The first-order chi connectivity index (χ1) is 7.45. The van der Waals surface area contributed by atoms with Crippen molar-refractivity contribution in [3.63, 3.8) is 0 Å². The van der Waals surface area contributed by atoms with Crippen molar-refractivity contribution in [3.05, 3.63) is 29.8 Å². The molecule has 0 heterocycles. The molecule has 0 aliphatic heterocycles. The number of benzene rings is 1. The minimum Gasteiger partial charge on any atom is -0.497 e. The van der Waals surface area contributed by atoms with Crippen molar-refractivity contribution in [1.82, 2.24) is 0 Å². The standard InChI is InChI=1S/C9H9ClO2.C2H5NO/c1-12-8-4-2-3-7(5-8)6-9(10)11;1-2(3)4/h2-5H,6H2,1H3;1H3,(H2,3,4). The second kappa shape index (κ2) is 7.70. The molecule has 16 heavy (non-hydrogen) atoms. The molecule has 0 radical (unpaired) electrons. The zero-order valence-electron chi connectivity index (χ0n) is 9.20. The molecule has 2 N–H and O–H groups in total. The predicted octanol–water partition coefficient (Wildman–Crippen LogP) is 1.49. The van der Waals surface area contributed by atoms with Gasteiger partial charge in [0.15, 0.2) is 0 Å². The van der Waals surface area contributed by atoms with E-state index in [2.05, 4.69) is 5.73 Å². The van der Waals surface area contributed by atoms with E-state index in [0.29, 0.717) is 0 Å². The molecule has 0 saturated heterocycles. The first-order valence-corrected chi connectivity index (χ1v) is 4.90. The fourth-order valence-corrected chi connectivity index (χ4v) is 1.10. The zero-order valence-corrected chi connectivity index (χ0v) is 9.95. The Bertz CT molecular complexity index is 362. The second-order valence-electron chi connectivity index (χ2n) is 2.99. The number of nitrogens with two attached hydrogens (primary N) is 1. The van der Waals surface area contributed by atoms with E-state index in [1.165, 1.54) is 6.92 Å². The Morgan fingerprint density at radius 2 is 2.00 bits per heavy atom. The third-order valence-corrected chi connectivity index (χ3v) is 1.61. The summed E-state index contributed by atoms with van der Waals surface area (Å²) in [4.78, 5) is 19.8. The van der Waals surface area contributed by atoms with E-state index in [9.17, 15) is 9.59 Å². The average Bonchev–Trinajstić information content (AvgIpc) is 2.16. The van der Waals surface area contributed by atoms with Gasteiger partial charge in [-0.3, -0.25) is 9.59 Å². The summed E-state index contributed by atoms with van der Waals surface area (Å²) in [6.45, 7) is 1.31. The lowest BCUT2D eigenvalue weighted by Crippen LogP contribution is -2.01. The molecule has 0 spiro atoms. The zero-order chi connectivity index (χ0) is 12.6. The quantitative estimate of drug-likeness (QED) is 0.818. The van der Waals surface area contributed by atoms with Crippen molar-refractivity contribution in [2.45, 2.75) is 13.3 Å². The SMILES string of the molecule is CC(N)=O.COc1cccc(CC(=O)Cl)c1. The monoisotopic (exact) mass is 243 g/mol. The summed E-state index contributed by atoms with van der Waals surface area (Å²) in [6, 6.07) is 7.28. The molecule has 1 rings (SSSR count). The molecule has 5 heteroatoms. The maximum atomic E-state index is 10.5. The van der Waals surface area contributed by atoms with Crippen LogP contribution in [-0.4, -0.2) is 18.3 Å². The van der Waals surface area contributed by atoms with Gasteiger partial charge in [0.25, 0.3) is 0 Å². The van der Waals surface area contributed by atoms with Gasteiger partial charge in [-0.2, -0.15) is 0 Å². The summed E-state index contributed by atoms with van der Waals surface area (Å²) in [5.41, 5.74) is 5.34. The van der Waals surface area contributed by atoms with Gasteiger partial charge in [-0.15, -0.1) is 0 Å². The molecule has 1 aromatic rings. The summed E-state index contributed by atoms with van der Waals surface area (Å²) in [5, 5.41) is -0.358. The van der Waals surface area contributed by atoms with Crippen molar-refractivity contribution in [1.29, 1.82) is 0 Å². The summed E-state index contributed by atoms with van der Waals surface area (Å²) in [7, 11) is 1.58. The smallest absolute Gasteiger partial charge is 0.226 e. The molecule has 4 nitrogen and oxygen atoms in total. The minimum atomic E-state index is -0.358. The van der Waals surface area contributed by atoms with E-state index in [0.717, 1.165) is 11.3 Å². The molecule has 0 unspecified atom stereocenters. The molecule has 0 saturated carbocycles. The van der Waals surface area contributed by atoms with Crippen molar-refractivity contribution in [3.8, 4) is 5.75 Å². The van der Waals surface area contributed by atoms with Crippen LogP contribution < -0.4 is 10.5 Å². The van der Waals surface area contributed by atoms with Crippen molar-refractivity contribution in [2.24, 2.45) is 5.73 Å². The van der Waals surface area contributed by atoms with Crippen LogP contribution in [0.15, 0.2) is 24.3 Å². The Kier molecular flexibility index (Phi) is 6.96. The molecule has 1 aromatic carbocycles. The first kappa shape index (κ1) is 14.5. The Hall–Kier alpha value is -1.55. The Morgan fingerprint density at radius 1 is 1.44 bits per heavy atom. The number of carbonyl (C=O) groups is 2. The second-order valence-corrected chi connectivity index (χ2v) is 3.42. The van der Waals surface area contributed by atoms with Gasteiger partial charge >= 0.3 is 0 Å². The molecule has 0 bridgehead atoms. The maximum absolute atomic E-state index is 10.5. The van der Waals surface area contributed by atoms with Crippen LogP contribution in [0.25, 0.3) is 0 Å². The third-order valence-electron chi connectivity index (χ3n) is 1.48. The normalized spacial score (nSPS) is 8.69. The Balaban J connectivity index is 0.000000487. The minimum absolute atomic E-state index is 0.249. The van der Waals surface area contributed by atoms with Crippen LogP contribution in [0.3, 0.4) is 0 Å². The summed E-state index contributed by atoms with van der Waals surface area (Å²) in [5.74, 6) is 0.408.